The van der Waals surface area contributed by atoms with Crippen molar-refractivity contribution in [3.8, 4) is 11.5 Å². The number of carboxylic acid groups (broad SMARTS) is 2. The molecule has 6 rings (SSSR count). The van der Waals surface area contributed by atoms with Crippen LogP contribution in [0.1, 0.15) is 103 Å². The van der Waals surface area contributed by atoms with Crippen LogP contribution >= 0.6 is 0 Å². The number of aliphatic carboxylic acids is 2. The van der Waals surface area contributed by atoms with Crippen LogP contribution in [0.15, 0.2) is 30.4 Å². The largest absolute Gasteiger partial charge is 0.504 e. The van der Waals surface area contributed by atoms with Crippen molar-refractivity contribution in [2.24, 2.45) is 62.6 Å². The van der Waals surface area contributed by atoms with Crippen LogP contribution in [0.3, 0.4) is 0 Å². The molecule has 0 spiro atoms. The second-order valence-electron chi connectivity index (χ2n) is 16.7. The number of ether oxygens (including phenoxy) is 1. The smallest absolute Gasteiger partial charge is 0.338 e. The summed E-state index contributed by atoms with van der Waals surface area (Å²) in [5.41, 5.74) is -1.28. The molecule has 0 saturated heterocycles. The van der Waals surface area contributed by atoms with E-state index in [0.717, 1.165) is 50.2 Å². The highest BCUT2D eigenvalue weighted by Crippen LogP contribution is 2.79. The Morgan fingerprint density at radius 2 is 1.53 bits per heavy atom. The fourth-order valence-electron chi connectivity index (χ4n) is 12.8. The van der Waals surface area contributed by atoms with E-state index in [1.54, 1.807) is 0 Å². The van der Waals surface area contributed by atoms with Gasteiger partial charge in [0.25, 0.3) is 0 Å². The average Bonchev–Trinajstić information content (AvgIpc) is 3.43. The van der Waals surface area contributed by atoms with E-state index in [4.69, 9.17) is 4.74 Å². The molecule has 4 N–H and O–H groups in total. The Morgan fingerprint density at radius 1 is 0.844 bits per heavy atom. The van der Waals surface area contributed by atoms with Crippen LogP contribution in [0.25, 0.3) is 0 Å². The monoisotopic (exact) mass is 622 g/mol. The zero-order valence-electron chi connectivity index (χ0n) is 27.6. The third-order valence-electron chi connectivity index (χ3n) is 15.0. The third kappa shape index (κ3) is 3.98. The van der Waals surface area contributed by atoms with Gasteiger partial charge in [-0.15, -0.1) is 0 Å². The van der Waals surface area contributed by atoms with Gasteiger partial charge in [-0.05, 0) is 122 Å². The van der Waals surface area contributed by atoms with Crippen molar-refractivity contribution >= 4 is 17.9 Å². The molecule has 45 heavy (non-hydrogen) atoms. The van der Waals surface area contributed by atoms with E-state index in [0.29, 0.717) is 12.8 Å². The minimum absolute atomic E-state index is 0.00769. The first-order valence-corrected chi connectivity index (χ1v) is 16.7. The highest BCUT2D eigenvalue weighted by atomic mass is 16.5. The van der Waals surface area contributed by atoms with Gasteiger partial charge in [-0.3, -0.25) is 9.59 Å². The zero-order valence-corrected chi connectivity index (χ0v) is 27.6. The predicted octanol–water partition coefficient (Wildman–Crippen LogP) is 7.29. The van der Waals surface area contributed by atoms with Gasteiger partial charge >= 0.3 is 17.9 Å². The van der Waals surface area contributed by atoms with Gasteiger partial charge in [-0.1, -0.05) is 46.8 Å². The molecule has 5 aliphatic carbocycles. The number of hydrogen-bond donors (Lipinski definition) is 4. The Hall–Kier alpha value is -3.03. The van der Waals surface area contributed by atoms with Crippen molar-refractivity contribution in [1.29, 1.82) is 0 Å². The maximum atomic E-state index is 13.4. The molecule has 8 heteroatoms. The number of fused-ring (bicyclic) bond motifs is 7. The molecule has 246 valence electrons. The van der Waals surface area contributed by atoms with E-state index in [9.17, 15) is 34.8 Å². The molecular formula is C37H50O8. The van der Waals surface area contributed by atoms with E-state index < -0.39 is 51.9 Å². The van der Waals surface area contributed by atoms with Crippen molar-refractivity contribution in [2.45, 2.75) is 99.0 Å². The van der Waals surface area contributed by atoms with Crippen molar-refractivity contribution in [1.82, 2.24) is 0 Å². The lowest BCUT2D eigenvalue weighted by Crippen LogP contribution is -2.65. The van der Waals surface area contributed by atoms with Gasteiger partial charge in [-0.2, -0.15) is 0 Å². The number of rotatable bonds is 5. The lowest BCUT2D eigenvalue weighted by atomic mass is 9.34. The molecule has 5 aliphatic rings. The third-order valence-corrected chi connectivity index (χ3v) is 15.0. The first-order chi connectivity index (χ1) is 20.9. The highest BCUT2D eigenvalue weighted by molar-refractivity contribution is 5.90. The number of phenolic OH excluding ortho intramolecular Hbond substituents is 2. The van der Waals surface area contributed by atoms with Crippen LogP contribution in [-0.4, -0.2) is 44.4 Å². The molecule has 5 fully saturated rings. The highest BCUT2D eigenvalue weighted by Gasteiger charge is 2.76. The first kappa shape index (κ1) is 31.9. The summed E-state index contributed by atoms with van der Waals surface area (Å²) in [6.07, 6.45) is 5.49. The summed E-state index contributed by atoms with van der Waals surface area (Å²) >= 11 is 0. The standard InChI is InChI=1S/C37H50O8/c1-19(2)21-12-15-37(32(43)44)17-16-34(5)22(27(21)37)9-11-26-35(34,6)14-13-25-33(3,4)29(28(30(40)41)36(25,26)7)45-31(42)20-8-10-23(38)24(39)18-20/h8,10,18,21-22,25-29,38-39H,1,9,11-17H2,2-7H3,(H,40,41)(H,43,44). The van der Waals surface area contributed by atoms with Crippen molar-refractivity contribution < 1.29 is 39.5 Å². The average molecular weight is 623 g/mol. The summed E-state index contributed by atoms with van der Waals surface area (Å²) in [5.74, 6) is -3.64. The fraction of sp³-hybridized carbons (Fsp3) is 0.703. The molecule has 5 saturated carbocycles. The molecule has 0 aliphatic heterocycles. The predicted molar refractivity (Wildman–Crippen MR) is 167 cm³/mol. The minimum atomic E-state index is -0.970. The number of carboxylic acids is 2. The second kappa shape index (κ2) is 9.98. The lowest BCUT2D eigenvalue weighted by Gasteiger charge is -2.70. The number of allylic oxidation sites excluding steroid dienone is 1. The minimum Gasteiger partial charge on any atom is -0.504 e. The van der Waals surface area contributed by atoms with Crippen LogP contribution in [0, 0.1) is 62.6 Å². The van der Waals surface area contributed by atoms with Crippen LogP contribution in [-0.2, 0) is 14.3 Å². The number of phenols is 2. The fourth-order valence-corrected chi connectivity index (χ4v) is 12.8. The quantitative estimate of drug-likeness (QED) is 0.152. The number of benzene rings is 1. The summed E-state index contributed by atoms with van der Waals surface area (Å²) < 4.78 is 6.13. The van der Waals surface area contributed by atoms with Crippen LogP contribution in [0.2, 0.25) is 0 Å². The SMILES string of the molecule is C=C(C)C1CCC2(C(=O)O)CCC3(C)C(CCC4C5(C)C(C(=O)O)C(OC(=O)c6ccc(O)c(O)c6)C(C)(C)C5CCC43C)C12. The van der Waals surface area contributed by atoms with Crippen molar-refractivity contribution in [2.75, 3.05) is 0 Å². The Morgan fingerprint density at radius 3 is 2.13 bits per heavy atom. The van der Waals surface area contributed by atoms with Crippen LogP contribution < -0.4 is 0 Å². The summed E-state index contributed by atoms with van der Waals surface area (Å²) in [5, 5.41) is 41.3. The van der Waals surface area contributed by atoms with Gasteiger partial charge in [0.15, 0.2) is 11.5 Å². The van der Waals surface area contributed by atoms with Gasteiger partial charge in [0, 0.05) is 5.41 Å². The lowest BCUT2D eigenvalue weighted by molar-refractivity contribution is -0.228. The van der Waals surface area contributed by atoms with Crippen molar-refractivity contribution in [3.63, 3.8) is 0 Å². The van der Waals surface area contributed by atoms with Gasteiger partial charge in [0.1, 0.15) is 12.0 Å². The van der Waals surface area contributed by atoms with E-state index in [1.807, 2.05) is 20.8 Å². The molecule has 0 amide bonds. The van der Waals surface area contributed by atoms with Crippen LogP contribution in [0.4, 0.5) is 0 Å². The van der Waals surface area contributed by atoms with Gasteiger partial charge in [0.2, 0.25) is 0 Å². The molecule has 0 bridgehead atoms. The summed E-state index contributed by atoms with van der Waals surface area (Å²) in [6, 6.07) is 3.73. The molecule has 0 radical (unpaired) electrons. The van der Waals surface area contributed by atoms with E-state index in [2.05, 4.69) is 27.4 Å². The molecule has 0 heterocycles. The van der Waals surface area contributed by atoms with Gasteiger partial charge in [0.05, 0.1) is 11.0 Å². The Bertz CT molecular complexity index is 1460. The zero-order chi connectivity index (χ0) is 33.1. The maximum Gasteiger partial charge on any atom is 0.338 e. The normalized spacial score (nSPS) is 44.5. The number of aromatic hydroxyl groups is 2. The van der Waals surface area contributed by atoms with Gasteiger partial charge < -0.3 is 25.2 Å². The van der Waals surface area contributed by atoms with Gasteiger partial charge in [-0.25, -0.2) is 4.79 Å². The molecule has 11 unspecified atom stereocenters. The van der Waals surface area contributed by atoms with Crippen molar-refractivity contribution in [3.05, 3.63) is 35.9 Å². The van der Waals surface area contributed by atoms with E-state index in [-0.39, 0.29) is 51.7 Å². The Labute approximate surface area is 266 Å². The van der Waals surface area contributed by atoms with Crippen LogP contribution in [0.5, 0.6) is 11.5 Å². The Kier molecular flexibility index (Phi) is 7.08. The first-order valence-electron chi connectivity index (χ1n) is 16.7. The molecule has 11 atom stereocenters. The number of carbonyl (C=O) groups excluding carboxylic acids is 1. The van der Waals surface area contributed by atoms with E-state index >= 15 is 0 Å². The molecule has 8 nitrogen and oxygen atoms in total. The molecule has 0 aromatic heterocycles. The number of hydrogen-bond acceptors (Lipinski definition) is 6. The maximum absolute atomic E-state index is 13.4. The summed E-state index contributed by atoms with van der Waals surface area (Å²) in [4.78, 5) is 39.7. The Balaban J connectivity index is 1.40. The number of carbonyl (C=O) groups is 3. The summed E-state index contributed by atoms with van der Waals surface area (Å²) in [6.45, 7) is 17.3. The number of esters is 1. The topological polar surface area (TPSA) is 141 Å². The second-order valence-corrected chi connectivity index (χ2v) is 16.7. The molecular weight excluding hydrogens is 572 g/mol. The molecule has 1 aromatic carbocycles. The van der Waals surface area contributed by atoms with E-state index in [1.165, 1.54) is 12.1 Å². The summed E-state index contributed by atoms with van der Waals surface area (Å²) in [7, 11) is 0. The molecule has 1 aromatic rings.